The Balaban J connectivity index is 2.09. The molecule has 0 saturated heterocycles. The highest BCUT2D eigenvalue weighted by Crippen LogP contribution is 2.30. The van der Waals surface area contributed by atoms with Crippen molar-refractivity contribution in [1.29, 1.82) is 0 Å². The third-order valence-electron chi connectivity index (χ3n) is 4.05. The summed E-state index contributed by atoms with van der Waals surface area (Å²) in [6, 6.07) is 15.1. The van der Waals surface area contributed by atoms with Crippen molar-refractivity contribution >= 4 is 39.4 Å². The van der Waals surface area contributed by atoms with E-state index in [0.29, 0.717) is 27.6 Å². The Morgan fingerprint density at radius 3 is 2.56 bits per heavy atom. The Bertz CT molecular complexity index is 1100. The number of aromatic nitrogens is 3. The van der Waals surface area contributed by atoms with Gasteiger partial charge in [-0.3, -0.25) is 4.79 Å². The van der Waals surface area contributed by atoms with E-state index in [1.165, 1.54) is 4.90 Å². The van der Waals surface area contributed by atoms with Crippen LogP contribution < -0.4 is 0 Å². The van der Waals surface area contributed by atoms with Gasteiger partial charge < -0.3 is 9.88 Å². The first-order valence-corrected chi connectivity index (χ1v) is 8.18. The number of benzene rings is 2. The van der Waals surface area contributed by atoms with Gasteiger partial charge in [0.05, 0.1) is 5.39 Å². The van der Waals surface area contributed by atoms with Crippen molar-refractivity contribution in [1.82, 2.24) is 19.9 Å². The van der Waals surface area contributed by atoms with Crippen LogP contribution >= 0.6 is 11.6 Å². The third kappa shape index (κ3) is 2.62. The van der Waals surface area contributed by atoms with Crippen LogP contribution in [0.5, 0.6) is 0 Å². The number of nitrogens with zero attached hydrogens (tertiary/aromatic N) is 3. The largest absolute Gasteiger partial charge is 0.343 e. The van der Waals surface area contributed by atoms with Gasteiger partial charge in [0.1, 0.15) is 11.3 Å². The first-order valence-electron chi connectivity index (χ1n) is 7.80. The number of aromatic amines is 1. The first kappa shape index (κ1) is 15.6. The smallest absolute Gasteiger partial charge is 0.272 e. The molecular weight excluding hydrogens is 336 g/mol. The molecule has 1 N–H and O–H groups in total. The van der Waals surface area contributed by atoms with E-state index in [2.05, 4.69) is 15.0 Å². The summed E-state index contributed by atoms with van der Waals surface area (Å²) in [6.07, 6.45) is 0. The maximum absolute atomic E-state index is 12.7. The second-order valence-corrected chi connectivity index (χ2v) is 6.44. The third-order valence-corrected chi connectivity index (χ3v) is 4.29. The van der Waals surface area contributed by atoms with Crippen molar-refractivity contribution in [2.24, 2.45) is 0 Å². The molecule has 0 aliphatic heterocycles. The number of hydrogen-bond donors (Lipinski definition) is 1. The number of halogens is 1. The van der Waals surface area contributed by atoms with E-state index in [0.717, 1.165) is 16.5 Å². The molecule has 0 aliphatic carbocycles. The summed E-state index contributed by atoms with van der Waals surface area (Å²) >= 11 is 6.09. The van der Waals surface area contributed by atoms with Crippen molar-refractivity contribution in [2.45, 2.75) is 0 Å². The lowest BCUT2D eigenvalue weighted by atomic mass is 10.1. The van der Waals surface area contributed by atoms with Gasteiger partial charge in [-0.25, -0.2) is 9.97 Å². The molecule has 0 atom stereocenters. The molecule has 0 aliphatic rings. The molecule has 0 radical (unpaired) electrons. The molecule has 2 heterocycles. The van der Waals surface area contributed by atoms with Crippen LogP contribution in [-0.4, -0.2) is 39.9 Å². The molecular formula is C19H15ClN4O. The predicted octanol–water partition coefficient (Wildman–Crippen LogP) is 4.13. The Kier molecular flexibility index (Phi) is 3.66. The fourth-order valence-corrected chi connectivity index (χ4v) is 3.03. The van der Waals surface area contributed by atoms with E-state index in [1.807, 2.05) is 42.5 Å². The molecule has 0 bridgehead atoms. The lowest BCUT2D eigenvalue weighted by Gasteiger charge is -2.11. The monoisotopic (exact) mass is 350 g/mol. The summed E-state index contributed by atoms with van der Waals surface area (Å²) in [4.78, 5) is 26.7. The van der Waals surface area contributed by atoms with Crippen LogP contribution in [0.3, 0.4) is 0 Å². The fourth-order valence-electron chi connectivity index (χ4n) is 2.85. The SMILES string of the molecule is CN(C)C(=O)c1nc(-c2ccccc2)nc2[nH]c3cc(Cl)ccc3c12. The number of carbonyl (C=O) groups excluding carboxylic acids is 1. The van der Waals surface area contributed by atoms with E-state index >= 15 is 0 Å². The Morgan fingerprint density at radius 1 is 1.08 bits per heavy atom. The van der Waals surface area contributed by atoms with E-state index < -0.39 is 0 Å². The zero-order chi connectivity index (χ0) is 17.6. The number of fused-ring (bicyclic) bond motifs is 3. The summed E-state index contributed by atoms with van der Waals surface area (Å²) in [5.74, 6) is 0.344. The first-order chi connectivity index (χ1) is 12.0. The highest BCUT2D eigenvalue weighted by Gasteiger charge is 2.21. The van der Waals surface area contributed by atoms with Gasteiger partial charge in [-0.05, 0) is 12.1 Å². The van der Waals surface area contributed by atoms with Gasteiger partial charge in [-0.15, -0.1) is 0 Å². The molecule has 0 unspecified atom stereocenters. The summed E-state index contributed by atoms with van der Waals surface area (Å²) < 4.78 is 0. The minimum Gasteiger partial charge on any atom is -0.343 e. The number of H-pyrrole nitrogens is 1. The van der Waals surface area contributed by atoms with Crippen LogP contribution in [0, 0.1) is 0 Å². The molecule has 0 fully saturated rings. The van der Waals surface area contributed by atoms with Crippen molar-refractivity contribution in [3.05, 3.63) is 59.2 Å². The van der Waals surface area contributed by atoms with Crippen LogP contribution in [0.15, 0.2) is 48.5 Å². The quantitative estimate of drug-likeness (QED) is 0.591. The van der Waals surface area contributed by atoms with Crippen LogP contribution in [0.1, 0.15) is 10.5 Å². The number of hydrogen-bond acceptors (Lipinski definition) is 3. The number of rotatable bonds is 2. The predicted molar refractivity (Wildman–Crippen MR) is 99.9 cm³/mol. The van der Waals surface area contributed by atoms with Gasteiger partial charge in [0.15, 0.2) is 5.82 Å². The lowest BCUT2D eigenvalue weighted by Crippen LogP contribution is -2.23. The molecule has 2 aromatic carbocycles. The number of carbonyl (C=O) groups is 1. The molecule has 2 aromatic heterocycles. The van der Waals surface area contributed by atoms with Crippen LogP contribution in [-0.2, 0) is 0 Å². The molecule has 0 saturated carbocycles. The molecule has 1 amide bonds. The van der Waals surface area contributed by atoms with Crippen LogP contribution in [0.4, 0.5) is 0 Å². The van der Waals surface area contributed by atoms with Gasteiger partial charge in [0, 0.05) is 35.6 Å². The van der Waals surface area contributed by atoms with Gasteiger partial charge in [0.2, 0.25) is 0 Å². The molecule has 6 heteroatoms. The van der Waals surface area contributed by atoms with E-state index in [1.54, 1.807) is 20.2 Å². The van der Waals surface area contributed by atoms with Gasteiger partial charge >= 0.3 is 0 Å². The van der Waals surface area contributed by atoms with Crippen molar-refractivity contribution in [3.63, 3.8) is 0 Å². The zero-order valence-corrected chi connectivity index (χ0v) is 14.5. The molecule has 0 spiro atoms. The zero-order valence-electron chi connectivity index (χ0n) is 13.7. The normalized spacial score (nSPS) is 11.2. The minimum absolute atomic E-state index is 0.166. The number of amides is 1. The average Bonchev–Trinajstić information content (AvgIpc) is 2.98. The summed E-state index contributed by atoms with van der Waals surface area (Å²) in [5.41, 5.74) is 2.68. The summed E-state index contributed by atoms with van der Waals surface area (Å²) in [7, 11) is 3.42. The molecule has 4 rings (SSSR count). The molecule has 4 aromatic rings. The van der Waals surface area contributed by atoms with Crippen molar-refractivity contribution in [3.8, 4) is 11.4 Å². The van der Waals surface area contributed by atoms with Crippen molar-refractivity contribution < 1.29 is 4.79 Å². The number of nitrogens with one attached hydrogen (secondary N) is 1. The maximum Gasteiger partial charge on any atom is 0.272 e. The van der Waals surface area contributed by atoms with Gasteiger partial charge in [-0.1, -0.05) is 48.0 Å². The van der Waals surface area contributed by atoms with E-state index in [-0.39, 0.29) is 5.91 Å². The maximum atomic E-state index is 12.7. The van der Waals surface area contributed by atoms with Crippen LogP contribution in [0.25, 0.3) is 33.3 Å². The Hall–Kier alpha value is -2.92. The highest BCUT2D eigenvalue weighted by atomic mass is 35.5. The highest BCUT2D eigenvalue weighted by molar-refractivity contribution is 6.31. The Labute approximate surface area is 149 Å². The molecule has 124 valence electrons. The molecule has 5 nitrogen and oxygen atoms in total. The fraction of sp³-hybridized carbons (Fsp3) is 0.105. The van der Waals surface area contributed by atoms with Crippen LogP contribution in [0.2, 0.25) is 5.02 Å². The summed E-state index contributed by atoms with van der Waals surface area (Å²) in [5, 5.41) is 2.21. The van der Waals surface area contributed by atoms with Crippen molar-refractivity contribution in [2.75, 3.05) is 14.1 Å². The standard InChI is InChI=1S/C19H15ClN4O/c1-24(2)19(25)16-15-13-9-8-12(20)10-14(13)21-18(15)23-17(22-16)11-6-4-3-5-7-11/h3-10H,1-2H3,(H,21,22,23). The minimum atomic E-state index is -0.166. The molecule has 25 heavy (non-hydrogen) atoms. The average molecular weight is 351 g/mol. The topological polar surface area (TPSA) is 61.9 Å². The second-order valence-electron chi connectivity index (χ2n) is 6.00. The van der Waals surface area contributed by atoms with Gasteiger partial charge in [0.25, 0.3) is 5.91 Å². The van der Waals surface area contributed by atoms with E-state index in [4.69, 9.17) is 11.6 Å². The van der Waals surface area contributed by atoms with Gasteiger partial charge in [-0.2, -0.15) is 0 Å². The second kappa shape index (κ2) is 5.86. The Morgan fingerprint density at radius 2 is 1.84 bits per heavy atom. The lowest BCUT2D eigenvalue weighted by molar-refractivity contribution is 0.0824. The van der Waals surface area contributed by atoms with E-state index in [9.17, 15) is 4.79 Å². The summed E-state index contributed by atoms with van der Waals surface area (Å²) in [6.45, 7) is 0.